The number of ether oxygens (including phenoxy) is 1. The van der Waals surface area contributed by atoms with Crippen LogP contribution in [0.5, 0.6) is 5.75 Å². The van der Waals surface area contributed by atoms with Crippen LogP contribution in [0.15, 0.2) is 18.2 Å². The molecule has 0 unspecified atom stereocenters. The second-order valence-corrected chi connectivity index (χ2v) is 3.63. The normalized spacial score (nSPS) is 10.5. The van der Waals surface area contributed by atoms with E-state index in [2.05, 4.69) is 45.9 Å². The second-order valence-electron chi connectivity index (χ2n) is 3.63. The van der Waals surface area contributed by atoms with Crippen LogP contribution in [-0.2, 0) is 6.42 Å². The van der Waals surface area contributed by atoms with Crippen molar-refractivity contribution in [3.8, 4) is 5.75 Å². The first-order valence-corrected chi connectivity index (χ1v) is 4.89. The zero-order chi connectivity index (χ0) is 9.84. The third kappa shape index (κ3) is 2.76. The highest BCUT2D eigenvalue weighted by atomic mass is 16.5. The van der Waals surface area contributed by atoms with E-state index in [0.29, 0.717) is 0 Å². The molecule has 1 heteroatoms. The number of aryl methyl sites for hydroxylation is 2. The lowest BCUT2D eigenvalue weighted by atomic mass is 10.1. The fourth-order valence-corrected chi connectivity index (χ4v) is 1.35. The average molecular weight is 178 g/mol. The average Bonchev–Trinajstić information content (AvgIpc) is 2.07. The maximum atomic E-state index is 5.69. The van der Waals surface area contributed by atoms with Crippen molar-refractivity contribution < 1.29 is 4.74 Å². The van der Waals surface area contributed by atoms with Crippen molar-refractivity contribution in [2.75, 3.05) is 0 Å². The molecule has 0 radical (unpaired) electrons. The van der Waals surface area contributed by atoms with Crippen molar-refractivity contribution >= 4 is 0 Å². The van der Waals surface area contributed by atoms with Gasteiger partial charge >= 0.3 is 0 Å². The summed E-state index contributed by atoms with van der Waals surface area (Å²) in [6.45, 7) is 8.37. The molecule has 0 heterocycles. The second kappa shape index (κ2) is 4.31. The van der Waals surface area contributed by atoms with Gasteiger partial charge in [-0.25, -0.2) is 0 Å². The maximum absolute atomic E-state index is 5.69. The van der Waals surface area contributed by atoms with Crippen LogP contribution < -0.4 is 4.74 Å². The van der Waals surface area contributed by atoms with E-state index < -0.39 is 0 Å². The van der Waals surface area contributed by atoms with Crippen molar-refractivity contribution in [3.63, 3.8) is 0 Å². The van der Waals surface area contributed by atoms with E-state index in [0.717, 1.165) is 12.2 Å². The van der Waals surface area contributed by atoms with Crippen LogP contribution in [0.4, 0.5) is 0 Å². The Morgan fingerprint density at radius 3 is 2.54 bits per heavy atom. The van der Waals surface area contributed by atoms with Gasteiger partial charge in [-0.15, -0.1) is 0 Å². The van der Waals surface area contributed by atoms with E-state index in [1.165, 1.54) is 11.1 Å². The zero-order valence-electron chi connectivity index (χ0n) is 8.92. The van der Waals surface area contributed by atoms with Gasteiger partial charge in [0.1, 0.15) is 5.75 Å². The van der Waals surface area contributed by atoms with Crippen LogP contribution in [0.1, 0.15) is 31.9 Å². The van der Waals surface area contributed by atoms with Crippen LogP contribution in [-0.4, -0.2) is 6.10 Å². The van der Waals surface area contributed by atoms with Gasteiger partial charge in [-0.1, -0.05) is 24.6 Å². The summed E-state index contributed by atoms with van der Waals surface area (Å²) in [6, 6.07) is 6.35. The fourth-order valence-electron chi connectivity index (χ4n) is 1.35. The lowest BCUT2D eigenvalue weighted by Crippen LogP contribution is -2.07. The molecule has 0 bridgehead atoms. The van der Waals surface area contributed by atoms with Gasteiger partial charge in [0, 0.05) is 0 Å². The molecule has 1 rings (SSSR count). The molecule has 0 fully saturated rings. The first-order chi connectivity index (χ1) is 6.13. The van der Waals surface area contributed by atoms with Crippen molar-refractivity contribution in [2.24, 2.45) is 0 Å². The van der Waals surface area contributed by atoms with Crippen LogP contribution in [0.25, 0.3) is 0 Å². The van der Waals surface area contributed by atoms with E-state index in [4.69, 9.17) is 4.74 Å². The molecule has 0 aliphatic heterocycles. The molecular weight excluding hydrogens is 160 g/mol. The number of benzene rings is 1. The monoisotopic (exact) mass is 178 g/mol. The first kappa shape index (κ1) is 10.1. The van der Waals surface area contributed by atoms with Crippen LogP contribution >= 0.6 is 0 Å². The van der Waals surface area contributed by atoms with Gasteiger partial charge in [0.2, 0.25) is 0 Å². The number of hydrogen-bond acceptors (Lipinski definition) is 1. The summed E-state index contributed by atoms with van der Waals surface area (Å²) in [5.74, 6) is 1.03. The Kier molecular flexibility index (Phi) is 3.35. The summed E-state index contributed by atoms with van der Waals surface area (Å²) < 4.78 is 5.69. The molecule has 0 saturated carbocycles. The van der Waals surface area contributed by atoms with E-state index in [-0.39, 0.29) is 6.10 Å². The molecule has 13 heavy (non-hydrogen) atoms. The van der Waals surface area contributed by atoms with Crippen LogP contribution in [0.3, 0.4) is 0 Å². The Bertz CT molecular complexity index is 276. The van der Waals surface area contributed by atoms with Crippen LogP contribution in [0, 0.1) is 6.92 Å². The molecule has 1 nitrogen and oxygen atoms in total. The minimum Gasteiger partial charge on any atom is -0.491 e. The molecule has 0 saturated heterocycles. The highest BCUT2D eigenvalue weighted by molar-refractivity contribution is 5.36. The van der Waals surface area contributed by atoms with E-state index in [1.54, 1.807) is 0 Å². The summed E-state index contributed by atoms with van der Waals surface area (Å²) in [6.07, 6.45) is 1.29. The van der Waals surface area contributed by atoms with Crippen molar-refractivity contribution in [1.29, 1.82) is 0 Å². The van der Waals surface area contributed by atoms with E-state index >= 15 is 0 Å². The van der Waals surface area contributed by atoms with Crippen molar-refractivity contribution in [1.82, 2.24) is 0 Å². The third-order valence-corrected chi connectivity index (χ3v) is 1.96. The molecule has 1 aromatic rings. The minimum absolute atomic E-state index is 0.257. The molecule has 72 valence electrons. The largest absolute Gasteiger partial charge is 0.491 e. The molecule has 0 aromatic heterocycles. The molecule has 0 amide bonds. The van der Waals surface area contributed by atoms with E-state index in [1.807, 2.05) is 0 Å². The summed E-state index contributed by atoms with van der Waals surface area (Å²) >= 11 is 0. The fraction of sp³-hybridized carbons (Fsp3) is 0.500. The minimum atomic E-state index is 0.257. The Hall–Kier alpha value is -0.980. The molecule has 0 N–H and O–H groups in total. The Labute approximate surface area is 80.7 Å². The van der Waals surface area contributed by atoms with Gasteiger partial charge in [-0.2, -0.15) is 0 Å². The number of hydrogen-bond donors (Lipinski definition) is 0. The van der Waals surface area contributed by atoms with Gasteiger partial charge in [0.25, 0.3) is 0 Å². The quantitative estimate of drug-likeness (QED) is 0.689. The van der Waals surface area contributed by atoms with Gasteiger partial charge < -0.3 is 4.74 Å². The van der Waals surface area contributed by atoms with Gasteiger partial charge in [-0.05, 0) is 38.8 Å². The van der Waals surface area contributed by atoms with Gasteiger partial charge in [0.15, 0.2) is 0 Å². The molecule has 0 atom stereocenters. The van der Waals surface area contributed by atoms with Gasteiger partial charge in [-0.3, -0.25) is 0 Å². The summed E-state index contributed by atoms with van der Waals surface area (Å²) in [5.41, 5.74) is 2.60. The summed E-state index contributed by atoms with van der Waals surface area (Å²) in [4.78, 5) is 0. The van der Waals surface area contributed by atoms with Gasteiger partial charge in [0.05, 0.1) is 6.10 Å². The van der Waals surface area contributed by atoms with Crippen LogP contribution in [0.2, 0.25) is 0 Å². The highest BCUT2D eigenvalue weighted by Gasteiger charge is 2.03. The first-order valence-electron chi connectivity index (χ1n) is 4.89. The Balaban J connectivity index is 2.92. The van der Waals surface area contributed by atoms with Crippen molar-refractivity contribution in [2.45, 2.75) is 40.2 Å². The summed E-state index contributed by atoms with van der Waals surface area (Å²) in [7, 11) is 0. The summed E-state index contributed by atoms with van der Waals surface area (Å²) in [5, 5.41) is 0. The maximum Gasteiger partial charge on any atom is 0.122 e. The topological polar surface area (TPSA) is 9.23 Å². The molecule has 0 spiro atoms. The Morgan fingerprint density at radius 2 is 2.00 bits per heavy atom. The lowest BCUT2D eigenvalue weighted by Gasteiger charge is -2.13. The van der Waals surface area contributed by atoms with E-state index in [9.17, 15) is 0 Å². The molecular formula is C12H18O. The Morgan fingerprint density at radius 1 is 1.31 bits per heavy atom. The van der Waals surface area contributed by atoms with Crippen molar-refractivity contribution in [3.05, 3.63) is 29.3 Å². The predicted molar refractivity (Wildman–Crippen MR) is 56.3 cm³/mol. The third-order valence-electron chi connectivity index (χ3n) is 1.96. The number of rotatable bonds is 3. The molecule has 0 aliphatic carbocycles. The zero-order valence-corrected chi connectivity index (χ0v) is 8.92. The lowest BCUT2D eigenvalue weighted by molar-refractivity contribution is 0.240. The smallest absolute Gasteiger partial charge is 0.122 e. The highest BCUT2D eigenvalue weighted by Crippen LogP contribution is 2.21. The molecule has 1 aromatic carbocycles. The molecule has 0 aliphatic rings. The standard InChI is InChI=1S/C12H18O/c1-5-11-8-10(4)6-7-12(11)13-9(2)3/h6-9H,5H2,1-4H3. The SMILES string of the molecule is CCc1cc(C)ccc1OC(C)C. The predicted octanol–water partition coefficient (Wildman–Crippen LogP) is 3.34.